The molecule has 1 fully saturated rings. The number of methoxy groups -OCH3 is 1. The summed E-state index contributed by atoms with van der Waals surface area (Å²) in [6, 6.07) is 7.09. The Balaban J connectivity index is 1.18. The van der Waals surface area contributed by atoms with Crippen LogP contribution in [-0.2, 0) is 21.0 Å². The van der Waals surface area contributed by atoms with Gasteiger partial charge in [-0.15, -0.1) is 0 Å². The molecule has 2 aliphatic rings. The first-order valence-corrected chi connectivity index (χ1v) is 14.1. The van der Waals surface area contributed by atoms with Crippen LogP contribution < -0.4 is 19.3 Å². The fourth-order valence-electron chi connectivity index (χ4n) is 4.52. The number of anilines is 3. The van der Waals surface area contributed by atoms with Gasteiger partial charge in [0.2, 0.25) is 11.8 Å². The summed E-state index contributed by atoms with van der Waals surface area (Å²) >= 11 is 0. The Morgan fingerprint density at radius 3 is 2.51 bits per heavy atom. The van der Waals surface area contributed by atoms with Crippen LogP contribution in [0.2, 0.25) is 0 Å². The van der Waals surface area contributed by atoms with Crippen molar-refractivity contribution in [2.45, 2.75) is 30.3 Å². The molecule has 37 heavy (non-hydrogen) atoms. The highest BCUT2D eigenvalue weighted by Crippen LogP contribution is 2.35. The van der Waals surface area contributed by atoms with Crippen molar-refractivity contribution < 1.29 is 22.6 Å². The van der Waals surface area contributed by atoms with Crippen molar-refractivity contribution in [3.63, 3.8) is 0 Å². The van der Waals surface area contributed by atoms with Crippen molar-refractivity contribution in [3.8, 4) is 11.6 Å². The van der Waals surface area contributed by atoms with E-state index in [1.807, 2.05) is 12.1 Å². The molecule has 3 aromatic rings. The van der Waals surface area contributed by atoms with Crippen molar-refractivity contribution in [2.24, 2.45) is 0 Å². The van der Waals surface area contributed by atoms with Gasteiger partial charge in [-0.1, -0.05) is 0 Å². The zero-order valence-electron chi connectivity index (χ0n) is 20.9. The van der Waals surface area contributed by atoms with E-state index in [1.54, 1.807) is 31.6 Å². The number of hydrogen-bond donors (Lipinski definition) is 0. The fraction of sp³-hybridized carbons (Fsp3) is 0.440. The summed E-state index contributed by atoms with van der Waals surface area (Å²) in [6.45, 7) is 3.23. The van der Waals surface area contributed by atoms with Gasteiger partial charge in [-0.25, -0.2) is 28.4 Å². The van der Waals surface area contributed by atoms with E-state index in [-0.39, 0.29) is 6.10 Å². The van der Waals surface area contributed by atoms with Gasteiger partial charge in [-0.2, -0.15) is 0 Å². The van der Waals surface area contributed by atoms with Crippen LogP contribution in [0.25, 0.3) is 0 Å². The van der Waals surface area contributed by atoms with Crippen molar-refractivity contribution >= 4 is 27.3 Å². The van der Waals surface area contributed by atoms with Crippen LogP contribution in [0.15, 0.2) is 47.9 Å². The summed E-state index contributed by atoms with van der Waals surface area (Å²) in [6.07, 6.45) is 8.50. The van der Waals surface area contributed by atoms with Crippen LogP contribution in [0.3, 0.4) is 0 Å². The summed E-state index contributed by atoms with van der Waals surface area (Å²) in [4.78, 5) is 22.2. The summed E-state index contributed by atoms with van der Waals surface area (Å²) in [7, 11) is -1.61. The number of benzene rings is 1. The molecule has 0 radical (unpaired) electrons. The average Bonchev–Trinajstić information content (AvgIpc) is 3.33. The number of rotatable bonds is 9. The average molecular weight is 527 g/mol. The maximum absolute atomic E-state index is 11.9. The molecule has 1 saturated heterocycles. The highest BCUT2D eigenvalue weighted by molar-refractivity contribution is 7.90. The van der Waals surface area contributed by atoms with Gasteiger partial charge in [0, 0.05) is 57.6 Å². The number of aromatic nitrogens is 4. The summed E-state index contributed by atoms with van der Waals surface area (Å²) in [5.41, 5.74) is 1.95. The molecule has 0 saturated carbocycles. The van der Waals surface area contributed by atoms with Gasteiger partial charge in [-0.05, 0) is 30.2 Å². The lowest BCUT2D eigenvalue weighted by atomic mass is 10.1. The number of piperidine rings is 1. The van der Waals surface area contributed by atoms with E-state index in [1.165, 1.54) is 12.6 Å². The van der Waals surface area contributed by atoms with Crippen molar-refractivity contribution in [2.75, 3.05) is 56.0 Å². The molecule has 5 rings (SSSR count). The lowest BCUT2D eigenvalue weighted by Gasteiger charge is -2.32. The van der Waals surface area contributed by atoms with E-state index in [0.717, 1.165) is 49.4 Å². The largest absolute Gasteiger partial charge is 0.488 e. The second-order valence-electron chi connectivity index (χ2n) is 9.04. The molecule has 0 aliphatic carbocycles. The first-order chi connectivity index (χ1) is 17.9. The summed E-state index contributed by atoms with van der Waals surface area (Å²) in [5, 5.41) is 0. The molecule has 196 valence electrons. The summed E-state index contributed by atoms with van der Waals surface area (Å²) < 4.78 is 40.5. The minimum Gasteiger partial charge on any atom is -0.488 e. The summed E-state index contributed by atoms with van der Waals surface area (Å²) in [5.74, 6) is 2.55. The minimum atomic E-state index is -3.24. The van der Waals surface area contributed by atoms with Crippen LogP contribution in [0, 0.1) is 0 Å². The Morgan fingerprint density at radius 2 is 1.78 bits per heavy atom. The van der Waals surface area contributed by atoms with Gasteiger partial charge in [0.05, 0.1) is 23.9 Å². The second kappa shape index (κ2) is 10.9. The predicted molar refractivity (Wildman–Crippen MR) is 138 cm³/mol. The topological polar surface area (TPSA) is 120 Å². The van der Waals surface area contributed by atoms with Crippen LogP contribution >= 0.6 is 0 Å². The zero-order valence-corrected chi connectivity index (χ0v) is 21.7. The maximum atomic E-state index is 11.9. The molecular weight excluding hydrogens is 496 g/mol. The van der Waals surface area contributed by atoms with Crippen molar-refractivity contribution in [1.82, 2.24) is 19.9 Å². The molecule has 2 aromatic heterocycles. The van der Waals surface area contributed by atoms with Crippen molar-refractivity contribution in [1.29, 1.82) is 0 Å². The number of ether oxygens (including phenoxy) is 3. The molecular formula is C25H30N6O5S. The smallest absolute Gasteiger partial charge is 0.225 e. The Morgan fingerprint density at radius 1 is 1.00 bits per heavy atom. The Labute approximate surface area is 216 Å². The highest BCUT2D eigenvalue weighted by Gasteiger charge is 2.26. The Hall–Kier alpha value is -3.51. The van der Waals surface area contributed by atoms with E-state index in [9.17, 15) is 8.42 Å². The molecule has 0 spiro atoms. The lowest BCUT2D eigenvalue weighted by Crippen LogP contribution is -2.39. The molecule has 11 nitrogen and oxygen atoms in total. The van der Waals surface area contributed by atoms with Crippen LogP contribution in [0.4, 0.5) is 17.5 Å². The van der Waals surface area contributed by atoms with Crippen LogP contribution in [0.5, 0.6) is 11.6 Å². The third kappa shape index (κ3) is 5.91. The molecule has 1 aromatic carbocycles. The van der Waals surface area contributed by atoms with Gasteiger partial charge in [0.15, 0.2) is 15.6 Å². The lowest BCUT2D eigenvalue weighted by molar-refractivity contribution is 0.146. The number of nitrogens with zero attached hydrogens (tertiary/aromatic N) is 6. The van der Waals surface area contributed by atoms with Gasteiger partial charge in [-0.3, -0.25) is 0 Å². The normalized spacial score (nSPS) is 16.1. The van der Waals surface area contributed by atoms with E-state index in [0.29, 0.717) is 42.2 Å². The third-order valence-electron chi connectivity index (χ3n) is 6.46. The van der Waals surface area contributed by atoms with Gasteiger partial charge >= 0.3 is 0 Å². The van der Waals surface area contributed by atoms with Crippen molar-refractivity contribution in [3.05, 3.63) is 48.5 Å². The van der Waals surface area contributed by atoms with Gasteiger partial charge in [0.25, 0.3) is 0 Å². The first kappa shape index (κ1) is 25.2. The highest BCUT2D eigenvalue weighted by atomic mass is 32.2. The van der Waals surface area contributed by atoms with Crippen LogP contribution in [-0.4, -0.2) is 80.7 Å². The Kier molecular flexibility index (Phi) is 7.38. The molecule has 2 aliphatic heterocycles. The zero-order chi connectivity index (χ0) is 25.8. The van der Waals surface area contributed by atoms with E-state index >= 15 is 0 Å². The van der Waals surface area contributed by atoms with E-state index < -0.39 is 9.84 Å². The number of hydrogen-bond acceptors (Lipinski definition) is 11. The quantitative estimate of drug-likeness (QED) is 0.382. The maximum Gasteiger partial charge on any atom is 0.225 e. The van der Waals surface area contributed by atoms with E-state index in [4.69, 9.17) is 14.2 Å². The first-order valence-electron chi connectivity index (χ1n) is 12.2. The molecule has 0 amide bonds. The van der Waals surface area contributed by atoms with E-state index in [2.05, 4.69) is 29.7 Å². The minimum absolute atomic E-state index is 0.0267. The number of sulfone groups is 1. The predicted octanol–water partition coefficient (Wildman–Crippen LogP) is 2.44. The van der Waals surface area contributed by atoms with Crippen LogP contribution in [0.1, 0.15) is 18.4 Å². The van der Waals surface area contributed by atoms with Gasteiger partial charge in [0.1, 0.15) is 24.9 Å². The molecule has 0 unspecified atom stereocenters. The number of fused-ring (bicyclic) bond motifs is 1. The third-order valence-corrected chi connectivity index (χ3v) is 7.57. The second-order valence-corrected chi connectivity index (χ2v) is 11.1. The molecule has 0 bridgehead atoms. The van der Waals surface area contributed by atoms with Gasteiger partial charge < -0.3 is 24.0 Å². The fourth-order valence-corrected chi connectivity index (χ4v) is 5.19. The molecule has 0 N–H and O–H groups in total. The monoisotopic (exact) mass is 526 g/mol. The Bertz CT molecular complexity index is 1330. The molecule has 4 heterocycles. The SMILES string of the molecule is COCCOc1cnc(N2CCC(Oc3cc(N4CCc5cc(S(C)(=O)=O)ccc54)ncn3)CC2)nc1. The molecule has 0 atom stereocenters. The molecule has 12 heteroatoms. The standard InChI is InChI=1S/C25H30N6O5S/c1-34-11-12-35-20-15-26-25(27-16-20)30-8-6-19(7-9-30)36-24-14-23(28-17-29-24)31-10-5-18-13-21(37(2,32)33)3-4-22(18)31/h3-4,13-17,19H,5-12H2,1-2H3.